The smallest absolute Gasteiger partial charge is 0.163 e. The van der Waals surface area contributed by atoms with Crippen LogP contribution < -0.4 is 5.32 Å². The van der Waals surface area contributed by atoms with Gasteiger partial charge in [-0.1, -0.05) is 30.3 Å². The van der Waals surface area contributed by atoms with Gasteiger partial charge in [-0.15, -0.1) is 0 Å². The highest BCUT2D eigenvalue weighted by molar-refractivity contribution is 5.86. The van der Waals surface area contributed by atoms with Crippen LogP contribution in [0.3, 0.4) is 0 Å². The molecule has 0 amide bonds. The third kappa shape index (κ3) is 3.47. The Kier molecular flexibility index (Phi) is 4.58. The van der Waals surface area contributed by atoms with Gasteiger partial charge in [-0.2, -0.15) is 5.10 Å². The van der Waals surface area contributed by atoms with Gasteiger partial charge in [0.05, 0.1) is 30.8 Å². The molecule has 1 unspecified atom stereocenters. The van der Waals surface area contributed by atoms with Crippen LogP contribution >= 0.6 is 0 Å². The van der Waals surface area contributed by atoms with Gasteiger partial charge in [0, 0.05) is 26.7 Å². The lowest BCUT2D eigenvalue weighted by Crippen LogP contribution is -2.40. The van der Waals surface area contributed by atoms with Gasteiger partial charge in [0.1, 0.15) is 12.1 Å². The Balaban J connectivity index is 1.63. The van der Waals surface area contributed by atoms with Crippen molar-refractivity contribution in [2.75, 3.05) is 38.2 Å². The van der Waals surface area contributed by atoms with Crippen LogP contribution in [0.15, 0.2) is 42.9 Å². The van der Waals surface area contributed by atoms with Gasteiger partial charge in [0.25, 0.3) is 0 Å². The summed E-state index contributed by atoms with van der Waals surface area (Å²) in [5.41, 5.74) is 2.07. The zero-order valence-corrected chi connectivity index (χ0v) is 14.3. The second-order valence-electron chi connectivity index (χ2n) is 6.25. The molecule has 7 heteroatoms. The van der Waals surface area contributed by atoms with Crippen molar-refractivity contribution in [1.29, 1.82) is 0 Å². The fourth-order valence-corrected chi connectivity index (χ4v) is 3.20. The molecule has 7 nitrogen and oxygen atoms in total. The van der Waals surface area contributed by atoms with Crippen molar-refractivity contribution >= 4 is 16.9 Å². The van der Waals surface area contributed by atoms with Gasteiger partial charge in [0.2, 0.25) is 0 Å². The number of nitrogens with zero attached hydrogens (tertiary/aromatic N) is 5. The van der Waals surface area contributed by atoms with Crippen LogP contribution in [-0.4, -0.2) is 57.5 Å². The highest BCUT2D eigenvalue weighted by atomic mass is 16.5. The molecule has 0 radical (unpaired) electrons. The highest BCUT2D eigenvalue weighted by Crippen LogP contribution is 2.24. The summed E-state index contributed by atoms with van der Waals surface area (Å²) >= 11 is 0. The normalized spacial score (nSPS) is 16.8. The molecule has 130 valence electrons. The minimum atomic E-state index is 0.137. The predicted molar refractivity (Wildman–Crippen MR) is 96.4 cm³/mol. The SMILES string of the molecule is Cn1ncc2c(NC(CN3CCOCC3)c3ccccc3)ncnc21. The van der Waals surface area contributed by atoms with Crippen LogP contribution in [0.2, 0.25) is 0 Å². The number of fused-ring (bicyclic) bond motifs is 1. The summed E-state index contributed by atoms with van der Waals surface area (Å²) in [6.07, 6.45) is 3.40. The Bertz CT molecular complexity index is 828. The molecule has 1 aliphatic heterocycles. The largest absolute Gasteiger partial charge is 0.379 e. The first kappa shape index (κ1) is 16.0. The number of aromatic nitrogens is 4. The number of hydrogen-bond donors (Lipinski definition) is 1. The molecule has 1 N–H and O–H groups in total. The summed E-state index contributed by atoms with van der Waals surface area (Å²) in [5.74, 6) is 0.820. The van der Waals surface area contributed by atoms with E-state index in [1.165, 1.54) is 5.56 Å². The Morgan fingerprint density at radius 3 is 2.76 bits per heavy atom. The number of aryl methyl sites for hydroxylation is 1. The van der Waals surface area contributed by atoms with Crippen molar-refractivity contribution in [3.8, 4) is 0 Å². The van der Waals surface area contributed by atoms with E-state index in [0.29, 0.717) is 0 Å². The van der Waals surface area contributed by atoms with Gasteiger partial charge in [-0.3, -0.25) is 9.58 Å². The van der Waals surface area contributed by atoms with Crippen LogP contribution in [0.4, 0.5) is 5.82 Å². The van der Waals surface area contributed by atoms with Crippen LogP contribution in [0, 0.1) is 0 Å². The van der Waals surface area contributed by atoms with Crippen molar-refractivity contribution < 1.29 is 4.74 Å². The van der Waals surface area contributed by atoms with Crippen LogP contribution in [0.5, 0.6) is 0 Å². The van der Waals surface area contributed by atoms with Crippen molar-refractivity contribution in [1.82, 2.24) is 24.6 Å². The lowest BCUT2D eigenvalue weighted by atomic mass is 10.1. The molecule has 0 saturated carbocycles. The van der Waals surface area contributed by atoms with Gasteiger partial charge in [-0.25, -0.2) is 9.97 Å². The summed E-state index contributed by atoms with van der Waals surface area (Å²) in [5, 5.41) is 8.85. The molecular formula is C18H22N6O. The van der Waals surface area contributed by atoms with E-state index in [9.17, 15) is 0 Å². The molecule has 0 spiro atoms. The molecule has 0 aliphatic carbocycles. The molecule has 4 rings (SSSR count). The van der Waals surface area contributed by atoms with E-state index in [2.05, 4.69) is 49.5 Å². The Morgan fingerprint density at radius 1 is 1.16 bits per heavy atom. The summed E-state index contributed by atoms with van der Waals surface area (Å²) in [4.78, 5) is 11.2. The number of rotatable bonds is 5. The topological polar surface area (TPSA) is 68.1 Å². The van der Waals surface area contributed by atoms with E-state index in [1.54, 1.807) is 11.0 Å². The zero-order chi connectivity index (χ0) is 17.1. The third-order valence-electron chi connectivity index (χ3n) is 4.59. The van der Waals surface area contributed by atoms with Gasteiger partial charge >= 0.3 is 0 Å². The number of anilines is 1. The van der Waals surface area contributed by atoms with E-state index in [-0.39, 0.29) is 6.04 Å². The first-order chi connectivity index (χ1) is 12.3. The lowest BCUT2D eigenvalue weighted by Gasteiger charge is -2.31. The van der Waals surface area contributed by atoms with Gasteiger partial charge < -0.3 is 10.1 Å². The summed E-state index contributed by atoms with van der Waals surface area (Å²) in [7, 11) is 1.89. The van der Waals surface area contributed by atoms with Crippen molar-refractivity contribution in [3.05, 3.63) is 48.4 Å². The fraction of sp³-hybridized carbons (Fsp3) is 0.389. The van der Waals surface area contributed by atoms with E-state index < -0.39 is 0 Å². The number of benzene rings is 1. The maximum atomic E-state index is 5.47. The number of ether oxygens (including phenoxy) is 1. The second kappa shape index (κ2) is 7.16. The summed E-state index contributed by atoms with van der Waals surface area (Å²) in [6.45, 7) is 4.40. The average molecular weight is 338 g/mol. The molecule has 1 saturated heterocycles. The Morgan fingerprint density at radius 2 is 1.96 bits per heavy atom. The van der Waals surface area contributed by atoms with Gasteiger partial charge in [0.15, 0.2) is 5.65 Å². The molecule has 0 bridgehead atoms. The monoisotopic (exact) mass is 338 g/mol. The van der Waals surface area contributed by atoms with E-state index >= 15 is 0 Å². The van der Waals surface area contributed by atoms with Crippen molar-refractivity contribution in [2.24, 2.45) is 7.05 Å². The third-order valence-corrected chi connectivity index (χ3v) is 4.59. The Labute approximate surface area is 146 Å². The molecule has 1 atom stereocenters. The van der Waals surface area contributed by atoms with E-state index in [4.69, 9.17) is 4.74 Å². The average Bonchev–Trinajstić information content (AvgIpc) is 3.05. The van der Waals surface area contributed by atoms with E-state index in [0.717, 1.165) is 49.7 Å². The van der Waals surface area contributed by atoms with Crippen molar-refractivity contribution in [2.45, 2.75) is 6.04 Å². The van der Waals surface area contributed by atoms with Gasteiger partial charge in [-0.05, 0) is 5.56 Å². The molecule has 3 aromatic rings. The molecule has 1 fully saturated rings. The van der Waals surface area contributed by atoms with Crippen LogP contribution in [-0.2, 0) is 11.8 Å². The molecule has 1 aromatic carbocycles. The Hall–Kier alpha value is -2.51. The van der Waals surface area contributed by atoms with E-state index in [1.807, 2.05) is 19.3 Å². The lowest BCUT2D eigenvalue weighted by molar-refractivity contribution is 0.0361. The highest BCUT2D eigenvalue weighted by Gasteiger charge is 2.20. The van der Waals surface area contributed by atoms with Crippen LogP contribution in [0.1, 0.15) is 11.6 Å². The first-order valence-electron chi connectivity index (χ1n) is 8.55. The fourth-order valence-electron chi connectivity index (χ4n) is 3.20. The van der Waals surface area contributed by atoms with Crippen LogP contribution in [0.25, 0.3) is 11.0 Å². The molecule has 1 aliphatic rings. The maximum Gasteiger partial charge on any atom is 0.163 e. The summed E-state index contributed by atoms with van der Waals surface area (Å²) < 4.78 is 7.24. The number of nitrogens with one attached hydrogen (secondary N) is 1. The molecular weight excluding hydrogens is 316 g/mol. The quantitative estimate of drug-likeness (QED) is 0.766. The first-order valence-corrected chi connectivity index (χ1v) is 8.55. The second-order valence-corrected chi connectivity index (χ2v) is 6.25. The zero-order valence-electron chi connectivity index (χ0n) is 14.3. The minimum absolute atomic E-state index is 0.137. The molecule has 2 aromatic heterocycles. The molecule has 3 heterocycles. The van der Waals surface area contributed by atoms with Crippen molar-refractivity contribution in [3.63, 3.8) is 0 Å². The number of morpholine rings is 1. The number of hydrogen-bond acceptors (Lipinski definition) is 6. The minimum Gasteiger partial charge on any atom is -0.379 e. The predicted octanol–water partition coefficient (Wildman–Crippen LogP) is 1.85. The standard InChI is InChI=1S/C18H22N6O/c1-23-18-15(11-21-23)17(19-13-20-18)22-16(14-5-3-2-4-6-14)12-24-7-9-25-10-8-24/h2-6,11,13,16H,7-10,12H2,1H3,(H,19,20,22). The molecule has 25 heavy (non-hydrogen) atoms. The summed E-state index contributed by atoms with van der Waals surface area (Å²) in [6, 6.07) is 10.6. The maximum absolute atomic E-state index is 5.47.